The molecule has 0 bridgehead atoms. The molecular weight excluding hydrogens is 136 g/mol. The Morgan fingerprint density at radius 3 is 2.55 bits per heavy atom. The lowest BCUT2D eigenvalue weighted by atomic mass is 9.93. The van der Waals surface area contributed by atoms with E-state index < -0.39 is 5.60 Å². The van der Waals surface area contributed by atoms with Crippen LogP contribution in [0.2, 0.25) is 0 Å². The lowest BCUT2D eigenvalue weighted by Crippen LogP contribution is -2.22. The van der Waals surface area contributed by atoms with Crippen molar-refractivity contribution < 1.29 is 5.11 Å². The summed E-state index contributed by atoms with van der Waals surface area (Å²) in [5, 5.41) is 9.73. The molecular formula is C10H16O. The molecule has 11 heavy (non-hydrogen) atoms. The molecule has 2 atom stereocenters. The van der Waals surface area contributed by atoms with Crippen molar-refractivity contribution in [2.45, 2.75) is 39.2 Å². The Morgan fingerprint density at radius 1 is 1.45 bits per heavy atom. The summed E-state index contributed by atoms with van der Waals surface area (Å²) in [4.78, 5) is 0. The Balaban J connectivity index is 2.29. The third kappa shape index (κ3) is 0.943. The van der Waals surface area contributed by atoms with E-state index in [9.17, 15) is 5.11 Å². The van der Waals surface area contributed by atoms with Gasteiger partial charge in [-0.3, -0.25) is 0 Å². The summed E-state index contributed by atoms with van der Waals surface area (Å²) in [6.45, 7) is 6.44. The highest BCUT2D eigenvalue weighted by molar-refractivity contribution is 5.39. The lowest BCUT2D eigenvalue weighted by Gasteiger charge is -2.21. The van der Waals surface area contributed by atoms with Gasteiger partial charge in [-0.25, -0.2) is 0 Å². The lowest BCUT2D eigenvalue weighted by molar-refractivity contribution is 0.0931. The first-order valence-electron chi connectivity index (χ1n) is 4.39. The van der Waals surface area contributed by atoms with Crippen molar-refractivity contribution in [2.24, 2.45) is 11.3 Å². The van der Waals surface area contributed by atoms with Crippen molar-refractivity contribution >= 4 is 0 Å². The van der Waals surface area contributed by atoms with Crippen molar-refractivity contribution in [1.82, 2.24) is 0 Å². The van der Waals surface area contributed by atoms with Gasteiger partial charge in [0.15, 0.2) is 0 Å². The molecule has 1 nitrogen and oxygen atoms in total. The van der Waals surface area contributed by atoms with Crippen molar-refractivity contribution in [2.75, 3.05) is 0 Å². The first kappa shape index (κ1) is 7.35. The van der Waals surface area contributed by atoms with Gasteiger partial charge < -0.3 is 5.11 Å². The minimum absolute atomic E-state index is 0.403. The maximum absolute atomic E-state index is 9.73. The summed E-state index contributed by atoms with van der Waals surface area (Å²) >= 11 is 0. The third-order valence-electron chi connectivity index (χ3n) is 3.31. The molecule has 0 aliphatic heterocycles. The molecule has 2 aliphatic rings. The van der Waals surface area contributed by atoms with Crippen molar-refractivity contribution in [3.8, 4) is 0 Å². The second-order valence-electron chi connectivity index (χ2n) is 4.77. The minimum Gasteiger partial charge on any atom is -0.386 e. The van der Waals surface area contributed by atoms with E-state index in [1.165, 1.54) is 12.0 Å². The van der Waals surface area contributed by atoms with Crippen molar-refractivity contribution in [1.29, 1.82) is 0 Å². The Kier molecular flexibility index (Phi) is 1.15. The van der Waals surface area contributed by atoms with Crippen LogP contribution in [0, 0.1) is 11.3 Å². The second kappa shape index (κ2) is 1.71. The van der Waals surface area contributed by atoms with Crippen LogP contribution in [0.3, 0.4) is 0 Å². The molecule has 1 N–H and O–H groups in total. The monoisotopic (exact) mass is 152 g/mol. The summed E-state index contributed by atoms with van der Waals surface area (Å²) in [5.41, 5.74) is 1.37. The fourth-order valence-corrected chi connectivity index (χ4v) is 2.32. The van der Waals surface area contributed by atoms with Gasteiger partial charge in [0.05, 0.1) is 5.60 Å². The van der Waals surface area contributed by atoms with E-state index in [1.807, 2.05) is 6.92 Å². The topological polar surface area (TPSA) is 20.2 Å². The van der Waals surface area contributed by atoms with Crippen LogP contribution in [-0.2, 0) is 0 Å². The first-order valence-corrected chi connectivity index (χ1v) is 4.39. The zero-order chi connectivity index (χ0) is 8.28. The number of aliphatic hydroxyl groups is 1. The van der Waals surface area contributed by atoms with Gasteiger partial charge in [-0.15, -0.1) is 0 Å². The van der Waals surface area contributed by atoms with Crippen molar-refractivity contribution in [3.63, 3.8) is 0 Å². The fraction of sp³-hybridized carbons (Fsp3) is 0.800. The molecule has 1 heteroatoms. The van der Waals surface area contributed by atoms with Gasteiger partial charge in [-0.2, -0.15) is 0 Å². The Labute approximate surface area is 68.1 Å². The molecule has 0 amide bonds. The molecule has 1 fully saturated rings. The molecule has 2 unspecified atom stereocenters. The minimum atomic E-state index is -0.514. The van der Waals surface area contributed by atoms with Gasteiger partial charge in [0, 0.05) is 0 Å². The number of hydrogen-bond acceptors (Lipinski definition) is 1. The van der Waals surface area contributed by atoms with Gasteiger partial charge in [0.1, 0.15) is 0 Å². The van der Waals surface area contributed by atoms with Gasteiger partial charge in [0.2, 0.25) is 0 Å². The number of rotatable bonds is 0. The van der Waals surface area contributed by atoms with Gasteiger partial charge in [0.25, 0.3) is 0 Å². The van der Waals surface area contributed by atoms with E-state index in [4.69, 9.17) is 0 Å². The average molecular weight is 152 g/mol. The molecule has 0 radical (unpaired) electrons. The molecule has 0 aromatic heterocycles. The summed E-state index contributed by atoms with van der Waals surface area (Å²) < 4.78 is 0. The SMILES string of the molecule is CC1(O)C=C2C(CC1)C2(C)C. The van der Waals surface area contributed by atoms with Crippen LogP contribution in [0.15, 0.2) is 11.6 Å². The van der Waals surface area contributed by atoms with Crippen LogP contribution in [-0.4, -0.2) is 10.7 Å². The van der Waals surface area contributed by atoms with Crippen LogP contribution in [0.1, 0.15) is 33.6 Å². The van der Waals surface area contributed by atoms with Crippen molar-refractivity contribution in [3.05, 3.63) is 11.6 Å². The summed E-state index contributed by atoms with van der Waals surface area (Å²) in [6.07, 6.45) is 4.18. The standard InChI is InChI=1S/C10H16O/c1-9(2)7-4-5-10(3,11)6-8(7)9/h6-7,11H,4-5H2,1-3H3. The van der Waals surface area contributed by atoms with Crippen LogP contribution in [0.4, 0.5) is 0 Å². The summed E-state index contributed by atoms with van der Waals surface area (Å²) in [5.74, 6) is 0.780. The van der Waals surface area contributed by atoms with Crippen LogP contribution in [0.25, 0.3) is 0 Å². The highest BCUT2D eigenvalue weighted by Gasteiger charge is 2.54. The van der Waals surface area contributed by atoms with Gasteiger partial charge in [-0.05, 0) is 31.1 Å². The Bertz CT molecular complexity index is 223. The highest BCUT2D eigenvalue weighted by atomic mass is 16.3. The summed E-state index contributed by atoms with van der Waals surface area (Å²) in [6, 6.07) is 0. The average Bonchev–Trinajstić information content (AvgIpc) is 2.32. The van der Waals surface area contributed by atoms with E-state index in [-0.39, 0.29) is 0 Å². The molecule has 1 saturated carbocycles. The predicted molar refractivity (Wildman–Crippen MR) is 45.2 cm³/mol. The van der Waals surface area contributed by atoms with E-state index in [0.717, 1.165) is 12.3 Å². The third-order valence-corrected chi connectivity index (χ3v) is 3.31. The highest BCUT2D eigenvalue weighted by Crippen LogP contribution is 2.63. The molecule has 0 heterocycles. The van der Waals surface area contributed by atoms with Gasteiger partial charge >= 0.3 is 0 Å². The van der Waals surface area contributed by atoms with Gasteiger partial charge in [-0.1, -0.05) is 25.5 Å². The number of allylic oxidation sites excluding steroid dienone is 1. The maximum atomic E-state index is 9.73. The van der Waals surface area contributed by atoms with Crippen LogP contribution < -0.4 is 0 Å². The van der Waals surface area contributed by atoms with E-state index >= 15 is 0 Å². The van der Waals surface area contributed by atoms with E-state index in [2.05, 4.69) is 19.9 Å². The number of hydrogen-bond donors (Lipinski definition) is 1. The summed E-state index contributed by atoms with van der Waals surface area (Å²) in [7, 11) is 0. The second-order valence-corrected chi connectivity index (χ2v) is 4.77. The zero-order valence-corrected chi connectivity index (χ0v) is 7.52. The molecule has 62 valence electrons. The Hall–Kier alpha value is -0.300. The predicted octanol–water partition coefficient (Wildman–Crippen LogP) is 2.11. The number of fused-ring (bicyclic) bond motifs is 1. The maximum Gasteiger partial charge on any atom is 0.0802 e. The Morgan fingerprint density at radius 2 is 2.09 bits per heavy atom. The largest absolute Gasteiger partial charge is 0.386 e. The van der Waals surface area contributed by atoms with Crippen LogP contribution >= 0.6 is 0 Å². The molecule has 2 rings (SSSR count). The normalized spacial score (nSPS) is 46.2. The molecule has 0 aromatic carbocycles. The zero-order valence-electron chi connectivity index (χ0n) is 7.52. The first-order chi connectivity index (χ1) is 4.93. The van der Waals surface area contributed by atoms with E-state index in [0.29, 0.717) is 5.41 Å². The molecule has 2 aliphatic carbocycles. The molecule has 0 spiro atoms. The fourth-order valence-electron chi connectivity index (χ4n) is 2.32. The quantitative estimate of drug-likeness (QED) is 0.527. The molecule has 0 saturated heterocycles. The molecule has 0 aromatic rings. The van der Waals surface area contributed by atoms with E-state index in [1.54, 1.807) is 0 Å². The smallest absolute Gasteiger partial charge is 0.0802 e. The van der Waals surface area contributed by atoms with Crippen LogP contribution in [0.5, 0.6) is 0 Å².